The van der Waals surface area contributed by atoms with Crippen LogP contribution in [0, 0.1) is 57.2 Å². The summed E-state index contributed by atoms with van der Waals surface area (Å²) in [6, 6.07) is 7.57. The zero-order valence-corrected chi connectivity index (χ0v) is 7.51. The van der Waals surface area contributed by atoms with Gasteiger partial charge in [-0.25, -0.2) is 0 Å². The average Bonchev–Trinajstić information content (AvgIpc) is 2.23. The normalized spacial score (nSPS) is 13.1. The maximum Gasteiger partial charge on any atom is 0.0909 e. The van der Waals surface area contributed by atoms with Crippen molar-refractivity contribution >= 4 is 0 Å². The highest BCUT2D eigenvalue weighted by Gasteiger charge is 2.17. The summed E-state index contributed by atoms with van der Waals surface area (Å²) in [4.78, 5) is 0. The van der Waals surface area contributed by atoms with Crippen LogP contribution in [0.2, 0.25) is 0 Å². The van der Waals surface area contributed by atoms with Crippen molar-refractivity contribution < 1.29 is 0 Å². The molecule has 0 saturated heterocycles. The van der Waals surface area contributed by atoms with Crippen LogP contribution in [-0.2, 0) is 0 Å². The third-order valence-corrected chi connectivity index (χ3v) is 1.69. The second-order valence-corrected chi connectivity index (χ2v) is 2.58. The third-order valence-electron chi connectivity index (χ3n) is 1.69. The van der Waals surface area contributed by atoms with Crippen LogP contribution >= 0.6 is 0 Å². The van der Waals surface area contributed by atoms with Gasteiger partial charge >= 0.3 is 0 Å². The summed E-state index contributed by atoms with van der Waals surface area (Å²) < 4.78 is 0. The molecule has 68 valence electrons. The van der Waals surface area contributed by atoms with E-state index >= 15 is 0 Å². The molecule has 0 rings (SSSR count). The van der Waals surface area contributed by atoms with E-state index in [1.54, 1.807) is 6.07 Å². The molecule has 0 aliphatic heterocycles. The monoisotopic (exact) mass is 184 g/mol. The first-order valence-corrected chi connectivity index (χ1v) is 4.02. The molecule has 0 amide bonds. The molecule has 0 saturated carbocycles. The van der Waals surface area contributed by atoms with Gasteiger partial charge in [0.15, 0.2) is 0 Å². The van der Waals surface area contributed by atoms with E-state index in [4.69, 9.17) is 21.0 Å². The molecule has 0 N–H and O–H groups in total. The van der Waals surface area contributed by atoms with E-state index in [-0.39, 0.29) is 6.42 Å². The molecular formula is C10H8N4. The predicted octanol–water partition coefficient (Wildman–Crippen LogP) is 1.65. The molecule has 0 aliphatic rings. The fourth-order valence-corrected chi connectivity index (χ4v) is 0.958. The molecule has 0 fully saturated rings. The van der Waals surface area contributed by atoms with Crippen molar-refractivity contribution in [2.45, 2.75) is 12.8 Å². The van der Waals surface area contributed by atoms with Gasteiger partial charge in [-0.15, -0.1) is 0 Å². The molecule has 4 heteroatoms. The highest BCUT2D eigenvalue weighted by Crippen LogP contribution is 2.17. The Labute approximate surface area is 82.9 Å². The number of rotatable bonds is 4. The fraction of sp³-hybridized carbons (Fsp3) is 0.400. The van der Waals surface area contributed by atoms with Gasteiger partial charge < -0.3 is 0 Å². The molecular weight excluding hydrogens is 176 g/mol. The Bertz CT molecular complexity index is 356. The van der Waals surface area contributed by atoms with Crippen LogP contribution in [0.25, 0.3) is 0 Å². The summed E-state index contributed by atoms with van der Waals surface area (Å²) in [5.41, 5.74) is 0. The van der Waals surface area contributed by atoms with Crippen LogP contribution in [0.1, 0.15) is 12.8 Å². The summed E-state index contributed by atoms with van der Waals surface area (Å²) in [5, 5.41) is 34.0. The van der Waals surface area contributed by atoms with E-state index in [0.717, 1.165) is 0 Å². The van der Waals surface area contributed by atoms with Gasteiger partial charge in [-0.3, -0.25) is 0 Å². The Hall–Kier alpha value is -2.30. The molecule has 0 radical (unpaired) electrons. The maximum absolute atomic E-state index is 8.73. The second-order valence-electron chi connectivity index (χ2n) is 2.58. The van der Waals surface area contributed by atoms with Crippen LogP contribution < -0.4 is 0 Å². The lowest BCUT2D eigenvalue weighted by atomic mass is 9.90. The van der Waals surface area contributed by atoms with Crippen molar-refractivity contribution in [1.29, 1.82) is 21.0 Å². The molecule has 0 aliphatic carbocycles. The van der Waals surface area contributed by atoms with Gasteiger partial charge in [-0.1, -0.05) is 6.08 Å². The van der Waals surface area contributed by atoms with Crippen LogP contribution in [0.4, 0.5) is 0 Å². The fourth-order valence-electron chi connectivity index (χ4n) is 0.958. The Kier molecular flexibility index (Phi) is 6.15. The first-order chi connectivity index (χ1) is 6.79. The smallest absolute Gasteiger partial charge is 0.0909 e. The lowest BCUT2D eigenvalue weighted by Gasteiger charge is -2.08. The predicted molar refractivity (Wildman–Crippen MR) is 47.8 cm³/mol. The molecule has 0 heterocycles. The molecule has 4 nitrogen and oxygen atoms in total. The first-order valence-electron chi connectivity index (χ1n) is 4.02. The van der Waals surface area contributed by atoms with Crippen LogP contribution in [0.3, 0.4) is 0 Å². The van der Waals surface area contributed by atoms with E-state index in [1.807, 2.05) is 18.2 Å². The van der Waals surface area contributed by atoms with Gasteiger partial charge in [-0.2, -0.15) is 21.0 Å². The van der Waals surface area contributed by atoms with Gasteiger partial charge in [0, 0.05) is 12.5 Å². The summed E-state index contributed by atoms with van der Waals surface area (Å²) in [6.45, 7) is 0. The molecule has 2 unspecified atom stereocenters. The summed E-state index contributed by atoms with van der Waals surface area (Å²) >= 11 is 0. The zero-order chi connectivity index (χ0) is 10.8. The van der Waals surface area contributed by atoms with Crippen LogP contribution in [-0.4, -0.2) is 0 Å². The topological polar surface area (TPSA) is 95.2 Å². The molecule has 2 atom stereocenters. The van der Waals surface area contributed by atoms with Gasteiger partial charge in [0.05, 0.1) is 36.1 Å². The van der Waals surface area contributed by atoms with E-state index in [1.165, 1.54) is 12.2 Å². The highest BCUT2D eigenvalue weighted by molar-refractivity contribution is 5.13. The minimum Gasteiger partial charge on any atom is -0.198 e. The van der Waals surface area contributed by atoms with Gasteiger partial charge in [0.25, 0.3) is 0 Å². The largest absolute Gasteiger partial charge is 0.198 e. The number of allylic oxidation sites excluding steroid dienone is 2. The number of hydrogen-bond donors (Lipinski definition) is 0. The van der Waals surface area contributed by atoms with E-state index in [2.05, 4.69) is 0 Å². The molecule has 0 bridgehead atoms. The molecule has 0 aromatic rings. The standard InChI is InChI=1S/C10H8N4/c11-5-1-3-9(7-13)10(8-14)4-2-6-12/h1,3,9-10H,2,4H2. The highest BCUT2D eigenvalue weighted by atomic mass is 14.3. The Morgan fingerprint density at radius 1 is 1.07 bits per heavy atom. The van der Waals surface area contributed by atoms with E-state index in [9.17, 15) is 0 Å². The SMILES string of the molecule is N#CC=CC(C#N)C(C#N)CCC#N. The van der Waals surface area contributed by atoms with Gasteiger partial charge in [-0.05, 0) is 6.42 Å². The van der Waals surface area contributed by atoms with Crippen LogP contribution in [0.5, 0.6) is 0 Å². The Balaban J connectivity index is 4.44. The van der Waals surface area contributed by atoms with Crippen molar-refractivity contribution in [2.75, 3.05) is 0 Å². The van der Waals surface area contributed by atoms with Crippen molar-refractivity contribution in [2.24, 2.45) is 11.8 Å². The van der Waals surface area contributed by atoms with Gasteiger partial charge in [0.1, 0.15) is 0 Å². The zero-order valence-electron chi connectivity index (χ0n) is 7.51. The van der Waals surface area contributed by atoms with Crippen molar-refractivity contribution in [1.82, 2.24) is 0 Å². The summed E-state index contributed by atoms with van der Waals surface area (Å²) in [7, 11) is 0. The quantitative estimate of drug-likeness (QED) is 0.620. The van der Waals surface area contributed by atoms with Gasteiger partial charge in [0.2, 0.25) is 0 Å². The second kappa shape index (κ2) is 7.35. The van der Waals surface area contributed by atoms with Crippen molar-refractivity contribution in [3.63, 3.8) is 0 Å². The molecule has 0 aromatic carbocycles. The first kappa shape index (κ1) is 11.7. The van der Waals surface area contributed by atoms with E-state index < -0.39 is 11.8 Å². The molecule has 14 heavy (non-hydrogen) atoms. The number of hydrogen-bond acceptors (Lipinski definition) is 4. The Morgan fingerprint density at radius 2 is 1.79 bits per heavy atom. The van der Waals surface area contributed by atoms with Crippen molar-refractivity contribution in [3.05, 3.63) is 12.2 Å². The van der Waals surface area contributed by atoms with Crippen molar-refractivity contribution in [3.8, 4) is 24.3 Å². The minimum absolute atomic E-state index is 0.247. The molecule has 0 aromatic heterocycles. The Morgan fingerprint density at radius 3 is 2.21 bits per heavy atom. The average molecular weight is 184 g/mol. The third kappa shape index (κ3) is 3.91. The maximum atomic E-state index is 8.73. The lowest BCUT2D eigenvalue weighted by Crippen LogP contribution is -2.08. The van der Waals surface area contributed by atoms with E-state index in [0.29, 0.717) is 6.42 Å². The lowest BCUT2D eigenvalue weighted by molar-refractivity contribution is 0.541. The summed E-state index contributed by atoms with van der Waals surface area (Å²) in [6.07, 6.45) is 3.19. The number of nitriles is 4. The minimum atomic E-state index is -0.604. The summed E-state index contributed by atoms with van der Waals surface area (Å²) in [5.74, 6) is -1.11. The molecule has 0 spiro atoms. The van der Waals surface area contributed by atoms with Crippen LogP contribution in [0.15, 0.2) is 12.2 Å². The number of nitrogens with zero attached hydrogens (tertiary/aromatic N) is 4.